The minimum absolute atomic E-state index is 0.500. The molecule has 0 spiro atoms. The lowest BCUT2D eigenvalue weighted by atomic mass is 9.82. The van der Waals surface area contributed by atoms with Crippen LogP contribution in [-0.4, -0.2) is 32.1 Å². The molecule has 1 aromatic rings. The highest BCUT2D eigenvalue weighted by Crippen LogP contribution is 2.57. The fourth-order valence-electron chi connectivity index (χ4n) is 3.55. The van der Waals surface area contributed by atoms with Crippen LogP contribution in [0.25, 0.3) is 0 Å². The molecule has 1 unspecified atom stereocenters. The van der Waals surface area contributed by atoms with Gasteiger partial charge in [0.05, 0.1) is 0 Å². The zero-order chi connectivity index (χ0) is 11.9. The van der Waals surface area contributed by atoms with Crippen molar-refractivity contribution < 1.29 is 0 Å². The molecule has 17 heavy (non-hydrogen) atoms. The van der Waals surface area contributed by atoms with Crippen molar-refractivity contribution in [3.05, 3.63) is 35.4 Å². The van der Waals surface area contributed by atoms with Crippen LogP contribution in [-0.2, 0) is 6.42 Å². The summed E-state index contributed by atoms with van der Waals surface area (Å²) in [6, 6.07) is 9.65. The van der Waals surface area contributed by atoms with Gasteiger partial charge in [0, 0.05) is 24.5 Å². The van der Waals surface area contributed by atoms with Crippen LogP contribution >= 0.6 is 0 Å². The highest BCUT2D eigenvalue weighted by molar-refractivity contribution is 5.35. The number of benzene rings is 1. The van der Waals surface area contributed by atoms with Gasteiger partial charge in [0.1, 0.15) is 0 Å². The van der Waals surface area contributed by atoms with E-state index in [0.717, 1.165) is 6.54 Å². The first-order valence-electron chi connectivity index (χ1n) is 6.69. The first-order valence-corrected chi connectivity index (χ1v) is 6.69. The van der Waals surface area contributed by atoms with Crippen LogP contribution in [0.1, 0.15) is 30.0 Å². The summed E-state index contributed by atoms with van der Waals surface area (Å²) in [4.78, 5) is 2.56. The molecule has 0 amide bonds. The number of fused-ring (bicyclic) bond motifs is 1. The maximum atomic E-state index is 3.39. The maximum absolute atomic E-state index is 3.39. The summed E-state index contributed by atoms with van der Waals surface area (Å²) >= 11 is 0. The van der Waals surface area contributed by atoms with Gasteiger partial charge in [-0.2, -0.15) is 0 Å². The molecule has 2 nitrogen and oxygen atoms in total. The van der Waals surface area contributed by atoms with E-state index in [1.54, 1.807) is 11.1 Å². The highest BCUT2D eigenvalue weighted by atomic mass is 15.2. The standard InChI is InChI=1S/C15H22N2/c1-16-11-15(8-9-15)14-13-6-4-3-5-12(13)7-10-17(14)2/h3-6,14,16H,7-11H2,1-2H3. The summed E-state index contributed by atoms with van der Waals surface area (Å²) < 4.78 is 0. The summed E-state index contributed by atoms with van der Waals surface area (Å²) in [6.07, 6.45) is 3.95. The van der Waals surface area contributed by atoms with Gasteiger partial charge in [0.15, 0.2) is 0 Å². The van der Waals surface area contributed by atoms with Gasteiger partial charge < -0.3 is 5.32 Å². The van der Waals surface area contributed by atoms with E-state index in [1.807, 2.05) is 0 Å². The second-order valence-electron chi connectivity index (χ2n) is 5.72. The van der Waals surface area contributed by atoms with Crippen molar-refractivity contribution in [3.8, 4) is 0 Å². The van der Waals surface area contributed by atoms with Gasteiger partial charge in [-0.15, -0.1) is 0 Å². The van der Waals surface area contributed by atoms with Crippen LogP contribution in [0, 0.1) is 5.41 Å². The van der Waals surface area contributed by atoms with E-state index in [1.165, 1.54) is 25.8 Å². The Bertz CT molecular complexity index is 409. The number of rotatable bonds is 3. The molecule has 1 aliphatic heterocycles. The summed E-state index contributed by atoms with van der Waals surface area (Å²) in [7, 11) is 4.37. The van der Waals surface area contributed by atoms with Gasteiger partial charge >= 0.3 is 0 Å². The second kappa shape index (κ2) is 4.11. The Labute approximate surface area is 104 Å². The first-order chi connectivity index (χ1) is 8.27. The molecule has 1 saturated carbocycles. The maximum Gasteiger partial charge on any atom is 0.0416 e. The van der Waals surface area contributed by atoms with Crippen molar-refractivity contribution in [2.24, 2.45) is 5.41 Å². The van der Waals surface area contributed by atoms with Crippen LogP contribution in [0.5, 0.6) is 0 Å². The largest absolute Gasteiger partial charge is 0.319 e. The van der Waals surface area contributed by atoms with E-state index in [9.17, 15) is 0 Å². The number of likely N-dealkylation sites (N-methyl/N-ethyl adjacent to an activating group) is 1. The summed E-state index contributed by atoms with van der Waals surface area (Å²) in [6.45, 7) is 2.35. The van der Waals surface area contributed by atoms with Crippen LogP contribution in [0.3, 0.4) is 0 Å². The van der Waals surface area contributed by atoms with Crippen molar-refractivity contribution >= 4 is 0 Å². The lowest BCUT2D eigenvalue weighted by Crippen LogP contribution is -2.40. The number of nitrogens with zero attached hydrogens (tertiary/aromatic N) is 1. The Morgan fingerprint density at radius 3 is 2.82 bits per heavy atom. The quantitative estimate of drug-likeness (QED) is 0.856. The smallest absolute Gasteiger partial charge is 0.0416 e. The molecule has 1 heterocycles. The minimum Gasteiger partial charge on any atom is -0.319 e. The molecule has 1 fully saturated rings. The Morgan fingerprint density at radius 2 is 2.12 bits per heavy atom. The van der Waals surface area contributed by atoms with Gasteiger partial charge in [-0.05, 0) is 44.5 Å². The molecule has 0 saturated heterocycles. The van der Waals surface area contributed by atoms with Crippen LogP contribution in [0.4, 0.5) is 0 Å². The van der Waals surface area contributed by atoms with Crippen molar-refractivity contribution in [1.82, 2.24) is 10.2 Å². The van der Waals surface area contributed by atoms with Gasteiger partial charge in [-0.1, -0.05) is 24.3 Å². The Balaban J connectivity index is 1.98. The van der Waals surface area contributed by atoms with Gasteiger partial charge in [-0.25, -0.2) is 0 Å². The Morgan fingerprint density at radius 1 is 1.35 bits per heavy atom. The number of hydrogen-bond donors (Lipinski definition) is 1. The normalized spacial score (nSPS) is 26.6. The molecule has 92 valence electrons. The van der Waals surface area contributed by atoms with Crippen LogP contribution < -0.4 is 5.32 Å². The molecule has 0 bridgehead atoms. The van der Waals surface area contributed by atoms with E-state index in [4.69, 9.17) is 0 Å². The third kappa shape index (κ3) is 1.80. The summed E-state index contributed by atoms with van der Waals surface area (Å²) in [5.74, 6) is 0. The van der Waals surface area contributed by atoms with Crippen molar-refractivity contribution in [2.45, 2.75) is 25.3 Å². The fraction of sp³-hybridized carbons (Fsp3) is 0.600. The SMILES string of the molecule is CNCC1(C2c3ccccc3CCN2C)CC1. The van der Waals surface area contributed by atoms with E-state index in [2.05, 4.69) is 48.6 Å². The third-order valence-corrected chi connectivity index (χ3v) is 4.53. The van der Waals surface area contributed by atoms with E-state index in [0.29, 0.717) is 11.5 Å². The van der Waals surface area contributed by atoms with Crippen molar-refractivity contribution in [3.63, 3.8) is 0 Å². The zero-order valence-electron chi connectivity index (χ0n) is 10.9. The lowest BCUT2D eigenvalue weighted by molar-refractivity contribution is 0.147. The monoisotopic (exact) mass is 230 g/mol. The van der Waals surface area contributed by atoms with Crippen LogP contribution in [0.15, 0.2) is 24.3 Å². The number of nitrogens with one attached hydrogen (secondary N) is 1. The topological polar surface area (TPSA) is 15.3 Å². The average Bonchev–Trinajstić information content (AvgIpc) is 3.10. The van der Waals surface area contributed by atoms with E-state index >= 15 is 0 Å². The molecule has 1 aliphatic carbocycles. The lowest BCUT2D eigenvalue weighted by Gasteiger charge is -2.40. The summed E-state index contributed by atoms with van der Waals surface area (Å²) in [5.41, 5.74) is 3.65. The molecule has 1 atom stereocenters. The molecular formula is C15H22N2. The third-order valence-electron chi connectivity index (χ3n) is 4.53. The highest BCUT2D eigenvalue weighted by Gasteiger charge is 2.51. The van der Waals surface area contributed by atoms with E-state index in [-0.39, 0.29) is 0 Å². The molecule has 0 aromatic heterocycles. The molecule has 3 rings (SSSR count). The first kappa shape index (κ1) is 11.2. The van der Waals surface area contributed by atoms with Crippen LogP contribution in [0.2, 0.25) is 0 Å². The predicted molar refractivity (Wildman–Crippen MR) is 71.1 cm³/mol. The Kier molecular flexibility index (Phi) is 2.72. The average molecular weight is 230 g/mol. The molecule has 2 heteroatoms. The van der Waals surface area contributed by atoms with Crippen molar-refractivity contribution in [2.75, 3.05) is 27.2 Å². The van der Waals surface area contributed by atoms with Gasteiger partial charge in [-0.3, -0.25) is 4.90 Å². The summed E-state index contributed by atoms with van der Waals surface area (Å²) in [5, 5.41) is 3.39. The molecule has 1 N–H and O–H groups in total. The number of hydrogen-bond acceptors (Lipinski definition) is 2. The van der Waals surface area contributed by atoms with E-state index < -0.39 is 0 Å². The predicted octanol–water partition coefficient (Wildman–Crippen LogP) is 2.22. The van der Waals surface area contributed by atoms with Gasteiger partial charge in [0.25, 0.3) is 0 Å². The zero-order valence-corrected chi connectivity index (χ0v) is 10.9. The second-order valence-corrected chi connectivity index (χ2v) is 5.72. The molecule has 1 aromatic carbocycles. The molecule has 2 aliphatic rings. The van der Waals surface area contributed by atoms with Crippen molar-refractivity contribution in [1.29, 1.82) is 0 Å². The van der Waals surface area contributed by atoms with Gasteiger partial charge in [0.2, 0.25) is 0 Å². The fourth-order valence-corrected chi connectivity index (χ4v) is 3.55. The molecular weight excluding hydrogens is 208 g/mol. The minimum atomic E-state index is 0.500. The molecule has 0 radical (unpaired) electrons. The Hall–Kier alpha value is -0.860.